The lowest BCUT2D eigenvalue weighted by atomic mass is 10.1. The molecule has 0 spiro atoms. The summed E-state index contributed by atoms with van der Waals surface area (Å²) in [5, 5.41) is 28.3. The number of hydrogen-bond acceptors (Lipinski definition) is 6. The summed E-state index contributed by atoms with van der Waals surface area (Å²) in [5.74, 6) is 0. The van der Waals surface area contributed by atoms with Crippen LogP contribution in [0.4, 0.5) is 0 Å². The van der Waals surface area contributed by atoms with Gasteiger partial charge in [-0.05, 0) is 25.5 Å². The summed E-state index contributed by atoms with van der Waals surface area (Å²) < 4.78 is 31.7. The van der Waals surface area contributed by atoms with Gasteiger partial charge in [-0.15, -0.1) is 0 Å². The van der Waals surface area contributed by atoms with Crippen molar-refractivity contribution < 1.29 is 32.8 Å². The Hall–Kier alpha value is -1.03. The molecule has 1 aromatic carbocycles. The Morgan fingerprint density at radius 1 is 0.906 bits per heavy atom. The maximum absolute atomic E-state index is 10.4. The van der Waals surface area contributed by atoms with E-state index < -0.39 is 10.1 Å². The molecule has 0 saturated carbocycles. The third-order valence-electron chi connectivity index (χ3n) is 5.63. The van der Waals surface area contributed by atoms with Gasteiger partial charge in [0.25, 0.3) is 0 Å². The third kappa shape index (κ3) is 15.7. The summed E-state index contributed by atoms with van der Waals surface area (Å²) in [6, 6.07) is 5.78. The molecule has 0 aliphatic rings. The van der Waals surface area contributed by atoms with Gasteiger partial charge in [-0.1, -0.05) is 76.0 Å². The number of hydrogen-bond donors (Lipinski definition) is 3. The molecule has 8 heteroatoms. The molecule has 1 atom stereocenters. The second-order valence-electron chi connectivity index (χ2n) is 8.88. The maximum Gasteiger partial charge on any atom is 0.124 e. The highest BCUT2D eigenvalue weighted by molar-refractivity contribution is 7.85. The van der Waals surface area contributed by atoms with Gasteiger partial charge in [0.1, 0.15) is 35.9 Å². The average molecular weight is 476 g/mol. The number of benzene rings is 1. The van der Waals surface area contributed by atoms with Crippen molar-refractivity contribution in [2.75, 3.05) is 39.9 Å². The van der Waals surface area contributed by atoms with E-state index in [0.29, 0.717) is 24.1 Å². The first-order chi connectivity index (χ1) is 15.1. The maximum atomic E-state index is 10.4. The minimum atomic E-state index is -4.27. The Labute approximate surface area is 195 Å². The van der Waals surface area contributed by atoms with Gasteiger partial charge in [0.15, 0.2) is 0 Å². The van der Waals surface area contributed by atoms with Gasteiger partial charge in [0.05, 0.1) is 25.2 Å². The van der Waals surface area contributed by atoms with Crippen molar-refractivity contribution in [3.05, 3.63) is 29.8 Å². The number of aliphatic hydroxyl groups is 3. The number of unbranched alkanes of at least 4 members (excludes halogenated alkanes) is 7. The van der Waals surface area contributed by atoms with Crippen LogP contribution in [0, 0.1) is 6.92 Å². The summed E-state index contributed by atoms with van der Waals surface area (Å²) in [6.45, 7) is 6.06. The molecule has 0 bridgehead atoms. The van der Waals surface area contributed by atoms with Crippen LogP contribution >= 0.6 is 0 Å². The Morgan fingerprint density at radius 3 is 1.81 bits per heavy atom. The number of aliphatic hydroxyl groups excluding tert-OH is 3. The van der Waals surface area contributed by atoms with E-state index in [9.17, 15) is 18.1 Å². The lowest BCUT2D eigenvalue weighted by Gasteiger charge is -2.35. The smallest absolute Gasteiger partial charge is 0.124 e. The molecular formula is C24H45NO6S. The molecule has 188 valence electrons. The summed E-state index contributed by atoms with van der Waals surface area (Å²) in [7, 11) is -2.28. The van der Waals surface area contributed by atoms with Crippen LogP contribution in [0.1, 0.15) is 70.3 Å². The first kappa shape index (κ1) is 31.0. The van der Waals surface area contributed by atoms with Gasteiger partial charge in [0.2, 0.25) is 0 Å². The van der Waals surface area contributed by atoms with E-state index in [-0.39, 0.29) is 24.2 Å². The van der Waals surface area contributed by atoms with E-state index in [4.69, 9.17) is 10.2 Å². The number of aryl methyl sites for hydroxylation is 1. The lowest BCUT2D eigenvalue weighted by Crippen LogP contribution is -2.52. The van der Waals surface area contributed by atoms with Crippen LogP contribution in [0.2, 0.25) is 0 Å². The average Bonchev–Trinajstić information content (AvgIpc) is 2.70. The molecule has 1 aromatic rings. The number of nitrogens with zero attached hydrogens (tertiary/aromatic N) is 1. The zero-order valence-electron chi connectivity index (χ0n) is 20.2. The fourth-order valence-corrected chi connectivity index (χ4v) is 4.07. The van der Waals surface area contributed by atoms with Crippen molar-refractivity contribution in [1.82, 2.24) is 0 Å². The van der Waals surface area contributed by atoms with E-state index in [0.717, 1.165) is 18.4 Å². The fraction of sp³-hybridized carbons (Fsp3) is 0.750. The topological polar surface area (TPSA) is 118 Å². The van der Waals surface area contributed by atoms with Crippen LogP contribution in [0.3, 0.4) is 0 Å². The van der Waals surface area contributed by atoms with E-state index >= 15 is 0 Å². The minimum absolute atomic E-state index is 0.0982. The van der Waals surface area contributed by atoms with Crippen LogP contribution in [-0.4, -0.2) is 78.8 Å². The molecule has 3 N–H and O–H groups in total. The molecule has 0 aliphatic heterocycles. The van der Waals surface area contributed by atoms with E-state index in [1.807, 2.05) is 14.0 Å². The second kappa shape index (κ2) is 17.4. The molecule has 0 aromatic heterocycles. The molecule has 32 heavy (non-hydrogen) atoms. The molecule has 0 heterocycles. The van der Waals surface area contributed by atoms with Gasteiger partial charge in [-0.3, -0.25) is 0 Å². The molecule has 1 unspecified atom stereocenters. The summed E-state index contributed by atoms with van der Waals surface area (Å²) >= 11 is 0. The highest BCUT2D eigenvalue weighted by Gasteiger charge is 2.24. The number of quaternary nitrogens is 1. The first-order valence-electron chi connectivity index (χ1n) is 11.8. The lowest BCUT2D eigenvalue weighted by molar-refractivity contribution is -0.913. The molecule has 0 fully saturated rings. The zero-order chi connectivity index (χ0) is 24.5. The minimum Gasteiger partial charge on any atom is -0.744 e. The van der Waals surface area contributed by atoms with Gasteiger partial charge in [-0.25, -0.2) is 8.42 Å². The predicted molar refractivity (Wildman–Crippen MR) is 127 cm³/mol. The number of rotatable bonds is 16. The standard InChI is InChI=1S/C17H38NO3.C7H8O3S/c1-3-4-5-6-7-8-9-10-11-17(21)16-18(2,12-14-19)13-15-20;1-6-2-4-7(5-3-6)11(8,9)10/h17,19-21H,3-16H2,1-2H3;2-5H,1H3,(H,8,9,10)/q+1;/p-1. The Bertz CT molecular complexity index is 672. The van der Waals surface area contributed by atoms with Crippen LogP contribution in [0.15, 0.2) is 29.2 Å². The van der Waals surface area contributed by atoms with E-state index in [2.05, 4.69) is 6.92 Å². The first-order valence-corrected chi connectivity index (χ1v) is 13.2. The third-order valence-corrected chi connectivity index (χ3v) is 6.48. The summed E-state index contributed by atoms with van der Waals surface area (Å²) in [6.07, 6.45) is 10.7. The molecule has 0 amide bonds. The molecular weight excluding hydrogens is 430 g/mol. The van der Waals surface area contributed by atoms with Gasteiger partial charge >= 0.3 is 0 Å². The molecule has 0 radical (unpaired) electrons. The van der Waals surface area contributed by atoms with Gasteiger partial charge in [0, 0.05) is 0 Å². The monoisotopic (exact) mass is 475 g/mol. The summed E-state index contributed by atoms with van der Waals surface area (Å²) in [5.41, 5.74) is 0.928. The van der Waals surface area contributed by atoms with Crippen LogP contribution in [0.25, 0.3) is 0 Å². The van der Waals surface area contributed by atoms with Gasteiger partial charge < -0.3 is 24.4 Å². The van der Waals surface area contributed by atoms with Crippen molar-refractivity contribution in [3.8, 4) is 0 Å². The van der Waals surface area contributed by atoms with Crippen LogP contribution in [0.5, 0.6) is 0 Å². The molecule has 0 aliphatic carbocycles. The summed E-state index contributed by atoms with van der Waals surface area (Å²) in [4.78, 5) is -0.178. The Balaban J connectivity index is 0.000000726. The van der Waals surface area contributed by atoms with Crippen molar-refractivity contribution in [2.45, 2.75) is 82.6 Å². The quantitative estimate of drug-likeness (QED) is 0.192. The highest BCUT2D eigenvalue weighted by atomic mass is 32.2. The zero-order valence-corrected chi connectivity index (χ0v) is 21.0. The van der Waals surface area contributed by atoms with Crippen molar-refractivity contribution in [1.29, 1.82) is 0 Å². The Kier molecular flexibility index (Phi) is 16.9. The molecule has 7 nitrogen and oxygen atoms in total. The fourth-order valence-electron chi connectivity index (χ4n) is 3.60. The highest BCUT2D eigenvalue weighted by Crippen LogP contribution is 2.13. The Morgan fingerprint density at radius 2 is 1.38 bits per heavy atom. The van der Waals surface area contributed by atoms with Crippen molar-refractivity contribution >= 4 is 10.1 Å². The van der Waals surface area contributed by atoms with Crippen LogP contribution in [-0.2, 0) is 10.1 Å². The SMILES string of the molecule is CCCCCCCCCCC(O)C[N+](C)(CCO)CCO.Cc1ccc(S(=O)(=O)[O-])cc1. The largest absolute Gasteiger partial charge is 0.744 e. The van der Waals surface area contributed by atoms with E-state index in [1.54, 1.807) is 12.1 Å². The van der Waals surface area contributed by atoms with E-state index in [1.165, 1.54) is 57.1 Å². The molecule has 0 saturated heterocycles. The van der Waals surface area contributed by atoms with Crippen molar-refractivity contribution in [3.63, 3.8) is 0 Å². The number of likely N-dealkylation sites (N-methyl/N-ethyl adjacent to an activating group) is 1. The second-order valence-corrected chi connectivity index (χ2v) is 10.3. The molecule has 1 rings (SSSR count). The predicted octanol–water partition coefficient (Wildman–Crippen LogP) is 3.21. The van der Waals surface area contributed by atoms with Gasteiger partial charge in [-0.2, -0.15) is 0 Å². The normalized spacial score (nSPS) is 12.8. The van der Waals surface area contributed by atoms with Crippen LogP contribution < -0.4 is 0 Å². The van der Waals surface area contributed by atoms with Crippen molar-refractivity contribution in [2.24, 2.45) is 0 Å².